The summed E-state index contributed by atoms with van der Waals surface area (Å²) >= 11 is 1.30. The fourth-order valence-electron chi connectivity index (χ4n) is 3.75. The van der Waals surface area contributed by atoms with Crippen molar-refractivity contribution in [1.82, 2.24) is 14.9 Å². The summed E-state index contributed by atoms with van der Waals surface area (Å²) < 4.78 is 51.3. The van der Waals surface area contributed by atoms with Crippen LogP contribution in [0, 0.1) is 0 Å². The molecule has 34 heavy (non-hydrogen) atoms. The molecule has 0 spiro atoms. The van der Waals surface area contributed by atoms with Gasteiger partial charge in [-0.1, -0.05) is 18.2 Å². The number of nitrogens with zero attached hydrogens (tertiary/aromatic N) is 3. The molecule has 3 heterocycles. The molecule has 1 aliphatic heterocycles. The van der Waals surface area contributed by atoms with Gasteiger partial charge in [-0.2, -0.15) is 13.2 Å². The lowest BCUT2D eigenvalue weighted by atomic mass is 10.1. The number of morpholine rings is 1. The van der Waals surface area contributed by atoms with Crippen LogP contribution in [-0.2, 0) is 17.5 Å². The van der Waals surface area contributed by atoms with Gasteiger partial charge in [0.1, 0.15) is 5.52 Å². The minimum Gasteiger partial charge on any atom is -0.436 e. The Morgan fingerprint density at radius 3 is 2.68 bits per heavy atom. The standard InChI is InChI=1S/C23H19F3N4O3S/c24-23(25,26)17-6-2-1-4-15(17)21-28-19-16(5-3-7-18(19)33-21)20(31)29-22-27-14(13-34-22)12-30-8-10-32-11-9-30/h1-7,13H,8-12H2,(H,27,29,31). The molecule has 0 atom stereocenters. The van der Waals surface area contributed by atoms with Gasteiger partial charge >= 0.3 is 6.18 Å². The van der Waals surface area contributed by atoms with Crippen molar-refractivity contribution >= 4 is 33.5 Å². The van der Waals surface area contributed by atoms with E-state index in [2.05, 4.69) is 20.2 Å². The maximum Gasteiger partial charge on any atom is 0.417 e. The monoisotopic (exact) mass is 488 g/mol. The summed E-state index contributed by atoms with van der Waals surface area (Å²) in [4.78, 5) is 23.9. The number of hydrogen-bond donors (Lipinski definition) is 1. The number of nitrogens with one attached hydrogen (secondary N) is 1. The van der Waals surface area contributed by atoms with Crippen molar-refractivity contribution in [3.05, 3.63) is 64.7 Å². The number of hydrogen-bond acceptors (Lipinski definition) is 7. The molecule has 2 aromatic carbocycles. The third-order valence-corrected chi connectivity index (χ3v) is 6.19. The summed E-state index contributed by atoms with van der Waals surface area (Å²) in [5.74, 6) is -0.674. The molecule has 11 heteroatoms. The Labute approximate surface area is 196 Å². The third kappa shape index (κ3) is 4.67. The summed E-state index contributed by atoms with van der Waals surface area (Å²) in [5, 5.41) is 5.07. The lowest BCUT2D eigenvalue weighted by Gasteiger charge is -2.25. The van der Waals surface area contributed by atoms with Gasteiger partial charge in [-0.15, -0.1) is 11.3 Å². The highest BCUT2D eigenvalue weighted by Crippen LogP contribution is 2.37. The van der Waals surface area contributed by atoms with Crippen molar-refractivity contribution in [1.29, 1.82) is 0 Å². The second-order valence-electron chi connectivity index (χ2n) is 7.70. The van der Waals surface area contributed by atoms with Gasteiger partial charge in [0, 0.05) is 30.6 Å². The van der Waals surface area contributed by atoms with Crippen molar-refractivity contribution < 1.29 is 27.1 Å². The number of benzene rings is 2. The van der Waals surface area contributed by atoms with Crippen molar-refractivity contribution in [3.8, 4) is 11.5 Å². The van der Waals surface area contributed by atoms with E-state index in [1.807, 2.05) is 5.38 Å². The molecule has 1 fully saturated rings. The number of alkyl halides is 3. The van der Waals surface area contributed by atoms with E-state index in [1.54, 1.807) is 18.2 Å². The molecule has 1 amide bonds. The van der Waals surface area contributed by atoms with Crippen LogP contribution in [0.2, 0.25) is 0 Å². The number of para-hydroxylation sites is 1. The predicted octanol–water partition coefficient (Wildman–Crippen LogP) is 5.05. The van der Waals surface area contributed by atoms with E-state index in [-0.39, 0.29) is 28.1 Å². The Morgan fingerprint density at radius 2 is 1.88 bits per heavy atom. The number of carbonyl (C=O) groups excluding carboxylic acids is 1. The van der Waals surface area contributed by atoms with Crippen LogP contribution in [0.4, 0.5) is 18.3 Å². The second-order valence-corrected chi connectivity index (χ2v) is 8.56. The van der Waals surface area contributed by atoms with Gasteiger partial charge in [0.15, 0.2) is 10.7 Å². The van der Waals surface area contributed by atoms with Gasteiger partial charge in [0.2, 0.25) is 5.89 Å². The lowest BCUT2D eigenvalue weighted by Crippen LogP contribution is -2.35. The maximum absolute atomic E-state index is 13.4. The van der Waals surface area contributed by atoms with E-state index in [4.69, 9.17) is 9.15 Å². The fraction of sp³-hybridized carbons (Fsp3) is 0.261. The van der Waals surface area contributed by atoms with E-state index < -0.39 is 17.6 Å². The van der Waals surface area contributed by atoms with Crippen LogP contribution in [0.1, 0.15) is 21.6 Å². The first-order chi connectivity index (χ1) is 16.4. The number of aromatic nitrogens is 2. The average Bonchev–Trinajstić information content (AvgIpc) is 3.45. The number of halogens is 3. The molecular weight excluding hydrogens is 469 g/mol. The quantitative estimate of drug-likeness (QED) is 0.423. The number of anilines is 1. The Balaban J connectivity index is 1.39. The molecule has 176 valence electrons. The van der Waals surface area contributed by atoms with Crippen molar-refractivity contribution in [2.24, 2.45) is 0 Å². The van der Waals surface area contributed by atoms with Crippen LogP contribution >= 0.6 is 11.3 Å². The number of amides is 1. The summed E-state index contributed by atoms with van der Waals surface area (Å²) in [6, 6.07) is 9.73. The molecule has 1 saturated heterocycles. The number of fused-ring (bicyclic) bond motifs is 1. The van der Waals surface area contributed by atoms with Gasteiger partial charge in [-0.25, -0.2) is 9.97 Å². The van der Waals surface area contributed by atoms with Crippen LogP contribution < -0.4 is 5.32 Å². The number of ether oxygens (including phenoxy) is 1. The highest BCUT2D eigenvalue weighted by atomic mass is 32.1. The largest absolute Gasteiger partial charge is 0.436 e. The Kier molecular flexibility index (Phi) is 6.07. The van der Waals surface area contributed by atoms with Gasteiger partial charge in [-0.3, -0.25) is 15.0 Å². The third-order valence-electron chi connectivity index (χ3n) is 5.39. The maximum atomic E-state index is 13.4. The highest BCUT2D eigenvalue weighted by Gasteiger charge is 2.34. The Hall–Kier alpha value is -3.28. The summed E-state index contributed by atoms with van der Waals surface area (Å²) in [6.07, 6.45) is -4.57. The lowest BCUT2D eigenvalue weighted by molar-refractivity contribution is -0.137. The molecule has 0 saturated carbocycles. The van der Waals surface area contributed by atoms with Crippen LogP contribution in [0.25, 0.3) is 22.6 Å². The molecule has 5 rings (SSSR count). The SMILES string of the molecule is O=C(Nc1nc(CN2CCOCC2)cs1)c1cccc2oc(-c3ccccc3C(F)(F)F)nc12. The van der Waals surface area contributed by atoms with E-state index in [1.165, 1.54) is 29.5 Å². The topological polar surface area (TPSA) is 80.5 Å². The highest BCUT2D eigenvalue weighted by molar-refractivity contribution is 7.14. The normalized spacial score (nSPS) is 15.0. The first-order valence-electron chi connectivity index (χ1n) is 10.5. The molecule has 0 bridgehead atoms. The molecule has 0 unspecified atom stereocenters. The number of oxazole rings is 1. The van der Waals surface area contributed by atoms with Crippen molar-refractivity contribution in [2.75, 3.05) is 31.6 Å². The second kappa shape index (κ2) is 9.16. The van der Waals surface area contributed by atoms with E-state index >= 15 is 0 Å². The van der Waals surface area contributed by atoms with Crippen molar-refractivity contribution in [3.63, 3.8) is 0 Å². The molecule has 1 N–H and O–H groups in total. The number of thiazole rings is 1. The van der Waals surface area contributed by atoms with Crippen molar-refractivity contribution in [2.45, 2.75) is 12.7 Å². The molecule has 1 aliphatic rings. The van der Waals surface area contributed by atoms with E-state index in [0.29, 0.717) is 24.9 Å². The molecular formula is C23H19F3N4O3S. The summed E-state index contributed by atoms with van der Waals surface area (Å²) in [6.45, 7) is 3.69. The van der Waals surface area contributed by atoms with Crippen LogP contribution in [-0.4, -0.2) is 47.1 Å². The zero-order valence-corrected chi connectivity index (χ0v) is 18.6. The molecule has 2 aromatic heterocycles. The molecule has 7 nitrogen and oxygen atoms in total. The van der Waals surface area contributed by atoms with Gasteiger partial charge in [0.25, 0.3) is 5.91 Å². The first-order valence-corrected chi connectivity index (χ1v) is 11.4. The first kappa shape index (κ1) is 22.5. The fourth-order valence-corrected chi connectivity index (χ4v) is 4.45. The minimum absolute atomic E-state index is 0.178. The zero-order valence-electron chi connectivity index (χ0n) is 17.8. The molecule has 4 aromatic rings. The Morgan fingerprint density at radius 1 is 1.09 bits per heavy atom. The summed E-state index contributed by atoms with van der Waals surface area (Å²) in [7, 11) is 0. The summed E-state index contributed by atoms with van der Waals surface area (Å²) in [5.41, 5.74) is 0.368. The number of rotatable bonds is 5. The average molecular weight is 488 g/mol. The van der Waals surface area contributed by atoms with E-state index in [9.17, 15) is 18.0 Å². The van der Waals surface area contributed by atoms with E-state index in [0.717, 1.165) is 24.8 Å². The smallest absolute Gasteiger partial charge is 0.417 e. The van der Waals surface area contributed by atoms with Gasteiger partial charge < -0.3 is 9.15 Å². The van der Waals surface area contributed by atoms with Gasteiger partial charge in [-0.05, 0) is 24.3 Å². The number of carbonyl (C=O) groups is 1. The zero-order chi connectivity index (χ0) is 23.7. The van der Waals surface area contributed by atoms with Crippen LogP contribution in [0.15, 0.2) is 52.3 Å². The molecule has 0 aliphatic carbocycles. The van der Waals surface area contributed by atoms with Crippen LogP contribution in [0.5, 0.6) is 0 Å². The molecule has 0 radical (unpaired) electrons. The van der Waals surface area contributed by atoms with Crippen LogP contribution in [0.3, 0.4) is 0 Å². The Bertz CT molecular complexity index is 1330. The van der Waals surface area contributed by atoms with Gasteiger partial charge in [0.05, 0.1) is 30.0 Å². The minimum atomic E-state index is -4.57. The predicted molar refractivity (Wildman–Crippen MR) is 121 cm³/mol.